The zero-order valence-corrected chi connectivity index (χ0v) is 44.0. The van der Waals surface area contributed by atoms with Crippen molar-refractivity contribution in [1.29, 1.82) is 0 Å². The molecule has 3 aromatic heterocycles. The molecule has 11 rings (SSSR count). The number of para-hydroxylation sites is 2. The monoisotopic (exact) mass is 1070 g/mol. The van der Waals surface area contributed by atoms with E-state index >= 15 is 0 Å². The van der Waals surface area contributed by atoms with E-state index in [1.807, 2.05) is 6.20 Å². The Balaban J connectivity index is 1.09. The SMILES string of the molecule is Cc1cc(C)[c]([Bi]([c]2ccc3c(c2)c2ccc(Oc4ccc5c(c4)-n4[c-][n+](-c6ccccc6)c6cccc(c64)C5(C)C)cc2n3-c2cc(C(C)(C)C)ccn2)[c]2c(C)cc(C)cc2C)c(C)c1. The van der Waals surface area contributed by atoms with Crippen LogP contribution in [0.3, 0.4) is 0 Å². The van der Waals surface area contributed by atoms with Gasteiger partial charge in [0.25, 0.3) is 6.33 Å². The van der Waals surface area contributed by atoms with Crippen LogP contribution in [-0.2, 0) is 10.8 Å². The number of benzene rings is 7. The van der Waals surface area contributed by atoms with E-state index in [9.17, 15) is 0 Å². The van der Waals surface area contributed by atoms with E-state index in [1.54, 1.807) is 6.54 Å². The van der Waals surface area contributed by atoms with Gasteiger partial charge in [0.1, 0.15) is 0 Å². The average Bonchev–Trinajstić information content (AvgIpc) is 3.83. The second kappa shape index (κ2) is 15.9. The van der Waals surface area contributed by atoms with Crippen molar-refractivity contribution in [1.82, 2.24) is 14.1 Å². The maximum absolute atomic E-state index is 6.95. The minimum absolute atomic E-state index is 0.0442. The number of hydrogen-bond acceptors (Lipinski definition) is 2. The first-order valence-corrected chi connectivity index (χ1v) is 28.7. The molecule has 0 amide bonds. The van der Waals surface area contributed by atoms with Crippen molar-refractivity contribution in [2.75, 3.05) is 0 Å². The first-order valence-electron chi connectivity index (χ1n) is 23.5. The molecular weight excluding hydrogens is 1010 g/mol. The molecule has 0 aliphatic carbocycles. The molecule has 0 N–H and O–H groups in total. The number of hydrogen-bond donors (Lipinski definition) is 0. The maximum atomic E-state index is 6.95. The summed E-state index contributed by atoms with van der Waals surface area (Å²) in [7, 11) is 0. The van der Waals surface area contributed by atoms with Gasteiger partial charge in [0.05, 0.1) is 16.7 Å². The van der Waals surface area contributed by atoms with E-state index in [0.29, 0.717) is 0 Å². The van der Waals surface area contributed by atoms with Crippen LogP contribution >= 0.6 is 0 Å². The molecule has 1 aliphatic heterocycles. The molecule has 1 aliphatic rings. The van der Waals surface area contributed by atoms with Gasteiger partial charge in [0.15, 0.2) is 0 Å². The molecule has 10 aromatic rings. The summed E-state index contributed by atoms with van der Waals surface area (Å²) in [5.41, 5.74) is 18.4. The van der Waals surface area contributed by atoms with E-state index < -0.39 is 21.8 Å². The molecule has 6 heteroatoms. The Labute approximate surface area is 403 Å². The zero-order valence-electron chi connectivity index (χ0n) is 40.5. The van der Waals surface area contributed by atoms with Crippen molar-refractivity contribution < 1.29 is 9.30 Å². The van der Waals surface area contributed by atoms with Gasteiger partial charge in [-0.2, -0.15) is 0 Å². The van der Waals surface area contributed by atoms with Crippen LogP contribution in [0.2, 0.25) is 0 Å². The number of aryl methyl sites for hydroxylation is 6. The number of imidazole rings is 1. The molecule has 7 aromatic carbocycles. The van der Waals surface area contributed by atoms with Crippen LogP contribution in [0, 0.1) is 47.9 Å². The van der Waals surface area contributed by atoms with Gasteiger partial charge in [-0.1, -0.05) is 50.2 Å². The summed E-state index contributed by atoms with van der Waals surface area (Å²) in [6.07, 6.45) is 5.70. The van der Waals surface area contributed by atoms with Crippen molar-refractivity contribution in [2.24, 2.45) is 0 Å². The van der Waals surface area contributed by atoms with Gasteiger partial charge in [0.2, 0.25) is 0 Å². The molecule has 5 nitrogen and oxygen atoms in total. The summed E-state index contributed by atoms with van der Waals surface area (Å²) < 4.78 is 18.4. The number of ether oxygens (including phenoxy) is 1. The van der Waals surface area contributed by atoms with Gasteiger partial charge >= 0.3 is 305 Å². The molecule has 0 radical (unpaired) electrons. The van der Waals surface area contributed by atoms with Crippen LogP contribution in [0.1, 0.15) is 84.7 Å². The van der Waals surface area contributed by atoms with Crippen LogP contribution < -0.4 is 19.1 Å². The standard InChI is InChI=1S/C43H35N4O.2C9H11.Bi/c1-42(2,3)28-22-23-44-40(24-28)47-36-16-10-9-14-32(36)33-20-18-30(25-38(33)47)48-31-19-21-34-39(26-31)46-27-45(29-12-7-6-8-13-29)37-17-11-15-35(41(37)46)43(34,4)5;2*1-7-4-8(2)6-9(3)5-7;/h6-8,10-26H,1-5H3;2*4-5H,1-3H3;. The van der Waals surface area contributed by atoms with E-state index in [-0.39, 0.29) is 10.8 Å². The quantitative estimate of drug-likeness (QED) is 0.0906. The third-order valence-electron chi connectivity index (χ3n) is 14.0. The van der Waals surface area contributed by atoms with Crippen molar-refractivity contribution in [3.63, 3.8) is 0 Å². The zero-order chi connectivity index (χ0) is 46.7. The summed E-state index contributed by atoms with van der Waals surface area (Å²) >= 11 is -2.92. The van der Waals surface area contributed by atoms with Crippen molar-refractivity contribution >= 4 is 64.4 Å². The molecule has 0 spiro atoms. The number of rotatable bonds is 7. The predicted octanol–water partition coefficient (Wildman–Crippen LogP) is 12.3. The topological polar surface area (TPSA) is 35.9 Å². The molecule has 4 heterocycles. The number of nitrogens with zero attached hydrogens (tertiary/aromatic N) is 4. The number of pyridine rings is 1. The molecule has 67 heavy (non-hydrogen) atoms. The Bertz CT molecular complexity index is 3540. The van der Waals surface area contributed by atoms with Crippen molar-refractivity contribution in [3.05, 3.63) is 202 Å². The molecule has 0 saturated heterocycles. The summed E-state index contributed by atoms with van der Waals surface area (Å²) in [4.78, 5) is 5.07. The molecule has 0 bridgehead atoms. The third kappa shape index (κ3) is 7.14. The number of aromatic nitrogens is 4. The first-order chi connectivity index (χ1) is 32.1. The van der Waals surface area contributed by atoms with Gasteiger partial charge < -0.3 is 0 Å². The first kappa shape index (κ1) is 43.2. The molecule has 0 fully saturated rings. The summed E-state index contributed by atoms with van der Waals surface area (Å²) in [6, 6.07) is 51.6. The van der Waals surface area contributed by atoms with Crippen LogP contribution in [-0.4, -0.2) is 35.9 Å². The fraction of sp³-hybridized carbons (Fsp3) is 0.213. The normalized spacial score (nSPS) is 13.3. The Morgan fingerprint density at radius 3 is 1.94 bits per heavy atom. The van der Waals surface area contributed by atoms with Gasteiger partial charge in [-0.05, 0) is 17.7 Å². The van der Waals surface area contributed by atoms with E-state index in [0.717, 1.165) is 45.2 Å². The average molecular weight is 1070 g/mol. The second-order valence-corrected chi connectivity index (χ2v) is 28.5. The Morgan fingerprint density at radius 2 is 1.27 bits per heavy atom. The molecule has 0 saturated carbocycles. The predicted molar refractivity (Wildman–Crippen MR) is 279 cm³/mol. The fourth-order valence-corrected chi connectivity index (χ4v) is 22.3. The molecule has 0 unspecified atom stereocenters. The molecular formula is C61H57BiN4O. The van der Waals surface area contributed by atoms with Crippen molar-refractivity contribution in [2.45, 2.75) is 87.0 Å². The molecule has 332 valence electrons. The Morgan fingerprint density at radius 1 is 0.612 bits per heavy atom. The second-order valence-electron chi connectivity index (χ2n) is 20.4. The fourth-order valence-electron chi connectivity index (χ4n) is 11.0. The van der Waals surface area contributed by atoms with E-state index in [2.05, 4.69) is 236 Å². The van der Waals surface area contributed by atoms with Crippen LogP contribution in [0.15, 0.2) is 146 Å². The summed E-state index contributed by atoms with van der Waals surface area (Å²) in [6.45, 7) is 25.2. The van der Waals surface area contributed by atoms with Crippen molar-refractivity contribution in [3.8, 4) is 28.7 Å². The molecule has 0 atom stereocenters. The Kier molecular flexibility index (Phi) is 10.2. The van der Waals surface area contributed by atoms with Crippen LogP contribution in [0.5, 0.6) is 11.5 Å². The van der Waals surface area contributed by atoms with Gasteiger partial charge in [0, 0.05) is 5.41 Å². The van der Waals surface area contributed by atoms with Gasteiger partial charge in [-0.25, -0.2) is 0 Å². The summed E-state index contributed by atoms with van der Waals surface area (Å²) in [5, 5.41) is 2.42. The number of fused-ring (bicyclic) bond motifs is 5. The Hall–Kier alpha value is -6.36. The van der Waals surface area contributed by atoms with E-state index in [1.165, 1.54) is 69.6 Å². The van der Waals surface area contributed by atoms with Crippen LogP contribution in [0.4, 0.5) is 0 Å². The van der Waals surface area contributed by atoms with E-state index in [4.69, 9.17) is 9.72 Å². The summed E-state index contributed by atoms with van der Waals surface area (Å²) in [5.74, 6) is 2.45. The van der Waals surface area contributed by atoms with Gasteiger partial charge in [-0.3, -0.25) is 4.57 Å². The minimum atomic E-state index is -2.92. The third-order valence-corrected chi connectivity index (χ3v) is 26.1. The van der Waals surface area contributed by atoms with Gasteiger partial charge in [-0.15, -0.1) is 0 Å². The van der Waals surface area contributed by atoms with Crippen LogP contribution in [0.25, 0.3) is 50.0 Å².